The number of piperidine rings is 1. The molecule has 0 atom stereocenters. The lowest BCUT2D eigenvalue weighted by atomic mass is 9.81. The van der Waals surface area contributed by atoms with Gasteiger partial charge in [-0.1, -0.05) is 25.7 Å². The predicted octanol–water partition coefficient (Wildman–Crippen LogP) is 4.93. The molecular formula is C29H43N5O3. The molecule has 8 heteroatoms. The maximum absolute atomic E-state index is 12.7. The van der Waals surface area contributed by atoms with Gasteiger partial charge in [0.05, 0.1) is 43.1 Å². The molecule has 0 radical (unpaired) electrons. The van der Waals surface area contributed by atoms with E-state index in [0.717, 1.165) is 69.5 Å². The van der Waals surface area contributed by atoms with Gasteiger partial charge in [-0.25, -0.2) is 14.5 Å². The lowest BCUT2D eigenvalue weighted by Gasteiger charge is -2.36. The van der Waals surface area contributed by atoms with Crippen LogP contribution in [0.4, 0.5) is 5.69 Å². The van der Waals surface area contributed by atoms with Crippen LogP contribution in [0.3, 0.4) is 0 Å². The van der Waals surface area contributed by atoms with Crippen LogP contribution >= 0.6 is 0 Å². The van der Waals surface area contributed by atoms with Gasteiger partial charge in [-0.15, -0.1) is 0 Å². The van der Waals surface area contributed by atoms with Crippen molar-refractivity contribution in [3.63, 3.8) is 0 Å². The quantitative estimate of drug-likeness (QED) is 0.490. The number of aromatic nitrogens is 3. The highest BCUT2D eigenvalue weighted by molar-refractivity contribution is 5.98. The van der Waals surface area contributed by atoms with Gasteiger partial charge >= 0.3 is 5.97 Å². The van der Waals surface area contributed by atoms with Crippen molar-refractivity contribution in [2.75, 3.05) is 57.9 Å². The summed E-state index contributed by atoms with van der Waals surface area (Å²) in [5.74, 6) is 0.917. The first-order chi connectivity index (χ1) is 18.2. The first-order valence-electron chi connectivity index (χ1n) is 14.8. The number of rotatable bonds is 7. The smallest absolute Gasteiger partial charge is 0.356 e. The van der Waals surface area contributed by atoms with Crippen molar-refractivity contribution in [2.24, 2.45) is 5.92 Å². The van der Waals surface area contributed by atoms with Crippen molar-refractivity contribution in [1.29, 1.82) is 0 Å². The Morgan fingerprint density at radius 3 is 2.43 bits per heavy atom. The molecule has 0 bridgehead atoms. The van der Waals surface area contributed by atoms with Crippen molar-refractivity contribution in [2.45, 2.75) is 82.6 Å². The van der Waals surface area contributed by atoms with E-state index in [0.29, 0.717) is 17.7 Å². The average Bonchev–Trinajstić information content (AvgIpc) is 3.30. The van der Waals surface area contributed by atoms with Crippen LogP contribution in [-0.2, 0) is 9.47 Å². The molecule has 37 heavy (non-hydrogen) atoms. The minimum atomic E-state index is -0.356. The fourth-order valence-electron chi connectivity index (χ4n) is 6.80. The zero-order valence-corrected chi connectivity index (χ0v) is 22.5. The van der Waals surface area contributed by atoms with Crippen molar-refractivity contribution < 1.29 is 14.3 Å². The van der Waals surface area contributed by atoms with E-state index in [1.807, 2.05) is 6.07 Å². The van der Waals surface area contributed by atoms with Crippen LogP contribution < -0.4 is 4.90 Å². The summed E-state index contributed by atoms with van der Waals surface area (Å²) in [6.45, 7) is 7.10. The number of pyridine rings is 1. The van der Waals surface area contributed by atoms with E-state index in [1.54, 1.807) is 0 Å². The van der Waals surface area contributed by atoms with Gasteiger partial charge in [-0.05, 0) is 63.5 Å². The van der Waals surface area contributed by atoms with Crippen LogP contribution in [0.25, 0.3) is 11.0 Å². The summed E-state index contributed by atoms with van der Waals surface area (Å²) in [5, 5.41) is 6.48. The van der Waals surface area contributed by atoms with E-state index in [1.165, 1.54) is 82.5 Å². The molecule has 2 aliphatic carbocycles. The van der Waals surface area contributed by atoms with Crippen LogP contribution in [0.2, 0.25) is 0 Å². The van der Waals surface area contributed by atoms with Gasteiger partial charge in [0.15, 0.2) is 11.3 Å². The summed E-state index contributed by atoms with van der Waals surface area (Å²) < 4.78 is 12.9. The Morgan fingerprint density at radius 2 is 1.76 bits per heavy atom. The van der Waals surface area contributed by atoms with Gasteiger partial charge in [0.2, 0.25) is 0 Å². The van der Waals surface area contributed by atoms with E-state index in [4.69, 9.17) is 19.6 Å². The number of anilines is 1. The Balaban J connectivity index is 1.29. The molecule has 202 valence electrons. The largest absolute Gasteiger partial charge is 0.464 e. The number of morpholine rings is 1. The number of fused-ring (bicyclic) bond motifs is 1. The van der Waals surface area contributed by atoms with Gasteiger partial charge in [-0.2, -0.15) is 5.10 Å². The van der Waals surface area contributed by atoms with Crippen molar-refractivity contribution in [1.82, 2.24) is 19.7 Å². The Kier molecular flexibility index (Phi) is 7.65. The average molecular weight is 510 g/mol. The SMILES string of the molecule is COC(=O)c1cc(N2CCC(CCN3CCOCC3)CC2)c2c(C3CCC3)nn(C3CCCCC3)c2n1. The summed E-state index contributed by atoms with van der Waals surface area (Å²) in [5.41, 5.74) is 3.69. The number of carbonyl (C=O) groups excluding carboxylic acids is 1. The molecule has 2 saturated heterocycles. The molecule has 2 aliphatic heterocycles. The van der Waals surface area contributed by atoms with Gasteiger partial charge in [0.25, 0.3) is 0 Å². The van der Waals surface area contributed by atoms with E-state index < -0.39 is 0 Å². The highest BCUT2D eigenvalue weighted by Crippen LogP contribution is 2.44. The number of carbonyl (C=O) groups is 1. The van der Waals surface area contributed by atoms with Crippen LogP contribution in [0.15, 0.2) is 6.07 Å². The molecule has 0 unspecified atom stereocenters. The van der Waals surface area contributed by atoms with Crippen LogP contribution in [-0.4, -0.2) is 78.7 Å². The first-order valence-corrected chi connectivity index (χ1v) is 14.8. The zero-order chi connectivity index (χ0) is 25.2. The fraction of sp³-hybridized carbons (Fsp3) is 0.759. The third-order valence-corrected chi connectivity index (χ3v) is 9.39. The van der Waals surface area contributed by atoms with Crippen LogP contribution in [0, 0.1) is 5.92 Å². The molecule has 6 rings (SSSR count). The maximum atomic E-state index is 12.7. The van der Waals surface area contributed by atoms with Crippen molar-refractivity contribution in [3.05, 3.63) is 17.5 Å². The summed E-state index contributed by atoms with van der Waals surface area (Å²) in [4.78, 5) is 22.7. The number of esters is 1. The number of methoxy groups -OCH3 is 1. The Morgan fingerprint density at radius 1 is 1.00 bits per heavy atom. The molecule has 4 aliphatic rings. The predicted molar refractivity (Wildman–Crippen MR) is 144 cm³/mol. The summed E-state index contributed by atoms with van der Waals surface area (Å²) in [6.07, 6.45) is 13.4. The molecule has 2 saturated carbocycles. The molecule has 8 nitrogen and oxygen atoms in total. The number of hydrogen-bond donors (Lipinski definition) is 0. The minimum Gasteiger partial charge on any atom is -0.464 e. The van der Waals surface area contributed by atoms with E-state index >= 15 is 0 Å². The molecule has 2 aromatic heterocycles. The summed E-state index contributed by atoms with van der Waals surface area (Å²) in [6, 6.07) is 2.38. The third-order valence-electron chi connectivity index (χ3n) is 9.39. The Bertz CT molecular complexity index is 1080. The summed E-state index contributed by atoms with van der Waals surface area (Å²) in [7, 11) is 1.45. The maximum Gasteiger partial charge on any atom is 0.356 e. The topological polar surface area (TPSA) is 72.7 Å². The third kappa shape index (κ3) is 5.24. The number of ether oxygens (including phenoxy) is 2. The lowest BCUT2D eigenvalue weighted by molar-refractivity contribution is 0.0349. The molecule has 0 N–H and O–H groups in total. The molecule has 4 fully saturated rings. The number of nitrogens with zero attached hydrogens (tertiary/aromatic N) is 5. The van der Waals surface area contributed by atoms with E-state index in [2.05, 4.69) is 14.5 Å². The van der Waals surface area contributed by atoms with Crippen LogP contribution in [0.1, 0.15) is 98.8 Å². The minimum absolute atomic E-state index is 0.356. The Labute approximate surface area is 220 Å². The fourth-order valence-corrected chi connectivity index (χ4v) is 6.80. The van der Waals surface area contributed by atoms with Gasteiger partial charge in [0.1, 0.15) is 0 Å². The molecule has 0 spiro atoms. The normalized spacial score (nSPS) is 22.9. The van der Waals surface area contributed by atoms with E-state index in [9.17, 15) is 4.79 Å². The summed E-state index contributed by atoms with van der Waals surface area (Å²) >= 11 is 0. The van der Waals surface area contributed by atoms with Crippen molar-refractivity contribution >= 4 is 22.7 Å². The van der Waals surface area contributed by atoms with Gasteiger partial charge in [-0.3, -0.25) is 4.90 Å². The second kappa shape index (κ2) is 11.3. The second-order valence-corrected chi connectivity index (χ2v) is 11.6. The molecule has 0 amide bonds. The lowest BCUT2D eigenvalue weighted by Crippen LogP contribution is -2.39. The second-order valence-electron chi connectivity index (χ2n) is 11.6. The van der Waals surface area contributed by atoms with Crippen LogP contribution in [0.5, 0.6) is 0 Å². The monoisotopic (exact) mass is 509 g/mol. The van der Waals surface area contributed by atoms with Gasteiger partial charge in [0, 0.05) is 32.1 Å². The van der Waals surface area contributed by atoms with Crippen molar-refractivity contribution in [3.8, 4) is 0 Å². The molecular weight excluding hydrogens is 466 g/mol. The molecule has 2 aromatic rings. The number of hydrogen-bond acceptors (Lipinski definition) is 7. The first kappa shape index (κ1) is 25.1. The molecule has 4 heterocycles. The highest BCUT2D eigenvalue weighted by Gasteiger charge is 2.33. The van der Waals surface area contributed by atoms with Gasteiger partial charge < -0.3 is 14.4 Å². The highest BCUT2D eigenvalue weighted by atomic mass is 16.5. The standard InChI is InChI=1S/C29H43N5O3/c1-36-29(35)24-20-25(33-14-11-21(12-15-33)10-13-32-16-18-37-19-17-32)26-27(22-6-5-7-22)31-34(28(26)30-24)23-8-3-2-4-9-23/h20-23H,2-19H2,1H3. The molecule has 0 aromatic carbocycles. The Hall–Kier alpha value is -2.19. The van der Waals surface area contributed by atoms with E-state index in [-0.39, 0.29) is 5.97 Å². The zero-order valence-electron chi connectivity index (χ0n) is 22.5.